The van der Waals surface area contributed by atoms with E-state index in [2.05, 4.69) is 0 Å². The van der Waals surface area contributed by atoms with Crippen molar-refractivity contribution in [1.82, 2.24) is 4.40 Å². The van der Waals surface area contributed by atoms with E-state index in [4.69, 9.17) is 4.74 Å². The molecule has 0 atom stereocenters. The molecule has 3 nitrogen and oxygen atoms in total. The van der Waals surface area contributed by atoms with Gasteiger partial charge in [-0.2, -0.15) is 0 Å². The molecular weight excluding hydrogens is 190 g/mol. The molecule has 2 aromatic heterocycles. The predicted molar refractivity (Wildman–Crippen MR) is 58.1 cm³/mol. The lowest BCUT2D eigenvalue weighted by Crippen LogP contribution is -2.09. The maximum absolute atomic E-state index is 11.6. The van der Waals surface area contributed by atoms with Crippen LogP contribution < -0.4 is 0 Å². The smallest absolute Gasteiger partial charge is 0.355 e. The summed E-state index contributed by atoms with van der Waals surface area (Å²) in [5.41, 5.74) is 2.76. The molecule has 0 bridgehead atoms. The van der Waals surface area contributed by atoms with Gasteiger partial charge in [0.25, 0.3) is 0 Å². The Kier molecular flexibility index (Phi) is 2.46. The van der Waals surface area contributed by atoms with Crippen molar-refractivity contribution in [2.45, 2.75) is 13.8 Å². The highest BCUT2D eigenvalue weighted by molar-refractivity contribution is 5.89. The normalized spacial score (nSPS) is 10.5. The van der Waals surface area contributed by atoms with Crippen molar-refractivity contribution < 1.29 is 9.53 Å². The van der Waals surface area contributed by atoms with Crippen LogP contribution in [0.1, 0.15) is 23.0 Å². The molecular formula is C12H13NO2. The van der Waals surface area contributed by atoms with E-state index in [9.17, 15) is 4.79 Å². The number of hydrogen-bond donors (Lipinski definition) is 0. The minimum atomic E-state index is -0.279. The second-order valence-corrected chi connectivity index (χ2v) is 3.39. The number of aryl methyl sites for hydroxylation is 1. The zero-order valence-corrected chi connectivity index (χ0v) is 8.86. The SMILES string of the molecule is CCOC(=O)c1ccc(C)c2cccn12. The molecule has 0 spiro atoms. The zero-order chi connectivity index (χ0) is 10.8. The number of nitrogens with zero attached hydrogens (tertiary/aromatic N) is 1. The molecule has 0 unspecified atom stereocenters. The summed E-state index contributed by atoms with van der Waals surface area (Å²) >= 11 is 0. The number of pyridine rings is 1. The van der Waals surface area contributed by atoms with E-state index in [-0.39, 0.29) is 5.97 Å². The van der Waals surface area contributed by atoms with E-state index in [1.54, 1.807) is 13.0 Å². The number of hydrogen-bond acceptors (Lipinski definition) is 2. The topological polar surface area (TPSA) is 30.7 Å². The van der Waals surface area contributed by atoms with Gasteiger partial charge in [-0.25, -0.2) is 4.79 Å². The van der Waals surface area contributed by atoms with Crippen LogP contribution in [-0.2, 0) is 4.74 Å². The van der Waals surface area contributed by atoms with E-state index in [0.29, 0.717) is 12.3 Å². The molecule has 0 saturated carbocycles. The molecule has 78 valence electrons. The lowest BCUT2D eigenvalue weighted by molar-refractivity contribution is 0.0518. The molecule has 0 fully saturated rings. The Morgan fingerprint density at radius 1 is 1.40 bits per heavy atom. The fraction of sp³-hybridized carbons (Fsp3) is 0.250. The molecule has 3 heteroatoms. The van der Waals surface area contributed by atoms with Crippen LogP contribution >= 0.6 is 0 Å². The largest absolute Gasteiger partial charge is 0.461 e. The average molecular weight is 203 g/mol. The Morgan fingerprint density at radius 2 is 2.20 bits per heavy atom. The van der Waals surface area contributed by atoms with Crippen LogP contribution in [-0.4, -0.2) is 17.0 Å². The third kappa shape index (κ3) is 1.61. The minimum absolute atomic E-state index is 0.279. The Labute approximate surface area is 88.3 Å². The van der Waals surface area contributed by atoms with E-state index in [0.717, 1.165) is 11.1 Å². The van der Waals surface area contributed by atoms with Gasteiger partial charge in [0.2, 0.25) is 0 Å². The van der Waals surface area contributed by atoms with Crippen molar-refractivity contribution >= 4 is 11.5 Å². The predicted octanol–water partition coefficient (Wildman–Crippen LogP) is 2.42. The summed E-state index contributed by atoms with van der Waals surface area (Å²) in [4.78, 5) is 11.6. The van der Waals surface area contributed by atoms with Gasteiger partial charge in [0.15, 0.2) is 0 Å². The second kappa shape index (κ2) is 3.77. The van der Waals surface area contributed by atoms with Crippen molar-refractivity contribution in [3.05, 3.63) is 41.7 Å². The Hall–Kier alpha value is -1.77. The number of fused-ring (bicyclic) bond motifs is 1. The third-order valence-electron chi connectivity index (χ3n) is 2.39. The maximum atomic E-state index is 11.6. The molecule has 0 aliphatic rings. The number of carbonyl (C=O) groups is 1. The van der Waals surface area contributed by atoms with Crippen LogP contribution in [0.2, 0.25) is 0 Å². The number of rotatable bonds is 2. The Morgan fingerprint density at radius 3 is 2.93 bits per heavy atom. The first-order chi connectivity index (χ1) is 7.24. The zero-order valence-electron chi connectivity index (χ0n) is 8.86. The molecule has 0 amide bonds. The summed E-state index contributed by atoms with van der Waals surface area (Å²) in [6.45, 7) is 4.22. The summed E-state index contributed by atoms with van der Waals surface area (Å²) in [6, 6.07) is 7.63. The van der Waals surface area contributed by atoms with Gasteiger partial charge in [0, 0.05) is 11.7 Å². The number of esters is 1. The molecule has 2 heterocycles. The molecule has 2 rings (SSSR count). The maximum Gasteiger partial charge on any atom is 0.355 e. The van der Waals surface area contributed by atoms with E-state index >= 15 is 0 Å². The van der Waals surface area contributed by atoms with Gasteiger partial charge in [0.05, 0.1) is 6.61 Å². The van der Waals surface area contributed by atoms with E-state index in [1.165, 1.54) is 0 Å². The highest BCUT2D eigenvalue weighted by atomic mass is 16.5. The molecule has 0 radical (unpaired) electrons. The van der Waals surface area contributed by atoms with Gasteiger partial charge >= 0.3 is 5.97 Å². The van der Waals surface area contributed by atoms with Crippen molar-refractivity contribution in [1.29, 1.82) is 0 Å². The molecule has 0 N–H and O–H groups in total. The molecule has 2 aromatic rings. The molecule has 0 aromatic carbocycles. The summed E-state index contributed by atoms with van der Waals surface area (Å²) in [5.74, 6) is -0.279. The summed E-state index contributed by atoms with van der Waals surface area (Å²) in [6.07, 6.45) is 1.87. The van der Waals surface area contributed by atoms with Crippen molar-refractivity contribution in [2.24, 2.45) is 0 Å². The number of ether oxygens (including phenoxy) is 1. The Bertz CT molecular complexity index is 499. The Balaban J connectivity index is 2.57. The van der Waals surface area contributed by atoms with Crippen LogP contribution in [0.4, 0.5) is 0 Å². The van der Waals surface area contributed by atoms with Crippen LogP contribution in [0.15, 0.2) is 30.5 Å². The van der Waals surface area contributed by atoms with Crippen molar-refractivity contribution in [2.75, 3.05) is 6.61 Å². The first-order valence-electron chi connectivity index (χ1n) is 4.98. The fourth-order valence-corrected chi connectivity index (χ4v) is 1.65. The average Bonchev–Trinajstić information content (AvgIpc) is 2.68. The van der Waals surface area contributed by atoms with E-state index in [1.807, 2.05) is 35.7 Å². The lowest BCUT2D eigenvalue weighted by Gasteiger charge is -2.07. The number of aromatic nitrogens is 1. The minimum Gasteiger partial charge on any atom is -0.461 e. The third-order valence-corrected chi connectivity index (χ3v) is 2.39. The number of carbonyl (C=O) groups excluding carboxylic acids is 1. The second-order valence-electron chi connectivity index (χ2n) is 3.39. The fourth-order valence-electron chi connectivity index (χ4n) is 1.65. The van der Waals surface area contributed by atoms with Crippen LogP contribution in [0.5, 0.6) is 0 Å². The molecule has 0 aliphatic heterocycles. The van der Waals surface area contributed by atoms with Gasteiger partial charge in [-0.3, -0.25) is 0 Å². The van der Waals surface area contributed by atoms with E-state index < -0.39 is 0 Å². The highest BCUT2D eigenvalue weighted by Gasteiger charge is 2.11. The molecule has 0 aliphatic carbocycles. The quantitative estimate of drug-likeness (QED) is 0.702. The van der Waals surface area contributed by atoms with Gasteiger partial charge in [-0.15, -0.1) is 0 Å². The van der Waals surface area contributed by atoms with Crippen LogP contribution in [0.3, 0.4) is 0 Å². The summed E-state index contributed by atoms with van der Waals surface area (Å²) < 4.78 is 6.84. The van der Waals surface area contributed by atoms with Crippen molar-refractivity contribution in [3.63, 3.8) is 0 Å². The first-order valence-corrected chi connectivity index (χ1v) is 4.98. The first kappa shape index (κ1) is 9.77. The monoisotopic (exact) mass is 203 g/mol. The van der Waals surface area contributed by atoms with Crippen LogP contribution in [0, 0.1) is 6.92 Å². The summed E-state index contributed by atoms with van der Waals surface area (Å²) in [7, 11) is 0. The lowest BCUT2D eigenvalue weighted by atomic mass is 10.2. The van der Waals surface area contributed by atoms with Gasteiger partial charge in [0.1, 0.15) is 5.69 Å². The highest BCUT2D eigenvalue weighted by Crippen LogP contribution is 2.14. The van der Waals surface area contributed by atoms with Crippen LogP contribution in [0.25, 0.3) is 5.52 Å². The standard InChI is InChI=1S/C12H13NO2/c1-3-15-12(14)11-7-6-9(2)10-5-4-8-13(10)11/h4-8H,3H2,1-2H3. The molecule has 0 saturated heterocycles. The van der Waals surface area contributed by atoms with Gasteiger partial charge in [-0.05, 0) is 37.6 Å². The van der Waals surface area contributed by atoms with Gasteiger partial charge in [-0.1, -0.05) is 6.07 Å². The van der Waals surface area contributed by atoms with Crippen molar-refractivity contribution in [3.8, 4) is 0 Å². The summed E-state index contributed by atoms with van der Waals surface area (Å²) in [5, 5.41) is 0. The van der Waals surface area contributed by atoms with Gasteiger partial charge < -0.3 is 9.14 Å². The molecule has 15 heavy (non-hydrogen) atoms.